The van der Waals surface area contributed by atoms with Crippen molar-refractivity contribution in [3.8, 4) is 5.75 Å². The molecule has 0 saturated heterocycles. The Morgan fingerprint density at radius 1 is 1.00 bits per heavy atom. The van der Waals surface area contributed by atoms with Gasteiger partial charge in [-0.2, -0.15) is 0 Å². The molecule has 2 amide bonds. The van der Waals surface area contributed by atoms with Gasteiger partial charge < -0.3 is 15.4 Å². The zero-order valence-corrected chi connectivity index (χ0v) is 18.4. The van der Waals surface area contributed by atoms with Crippen LogP contribution in [0.2, 0.25) is 0 Å². The molecule has 2 N–H and O–H groups in total. The third-order valence-corrected chi connectivity index (χ3v) is 5.48. The summed E-state index contributed by atoms with van der Waals surface area (Å²) in [4.78, 5) is 25.2. The second-order valence-electron chi connectivity index (χ2n) is 6.90. The van der Waals surface area contributed by atoms with Crippen molar-refractivity contribution in [2.45, 2.75) is 19.9 Å². The minimum Gasteiger partial charge on any atom is -0.484 e. The van der Waals surface area contributed by atoms with Crippen LogP contribution >= 0.6 is 15.9 Å². The standard InChI is InChI=1S/C24H23BrN2O3/c1-16-14-19(12-13-21(16)25)30-15-23(28)27-22-11-7-6-10-20(22)24(29)26-17(2)18-8-4-3-5-9-18/h3-14,17H,15H2,1-2H3,(H,26,29)(H,27,28)/t17-/m1/s1. The van der Waals surface area contributed by atoms with E-state index in [0.717, 1.165) is 15.6 Å². The highest BCUT2D eigenvalue weighted by Gasteiger charge is 2.16. The van der Waals surface area contributed by atoms with Gasteiger partial charge >= 0.3 is 0 Å². The van der Waals surface area contributed by atoms with Gasteiger partial charge in [0.15, 0.2) is 6.61 Å². The molecule has 0 radical (unpaired) electrons. The summed E-state index contributed by atoms with van der Waals surface area (Å²) < 4.78 is 6.54. The Bertz CT molecular complexity index is 1040. The number of ether oxygens (including phenoxy) is 1. The summed E-state index contributed by atoms with van der Waals surface area (Å²) in [5.41, 5.74) is 2.86. The number of hydrogen-bond acceptors (Lipinski definition) is 3. The molecule has 0 aliphatic heterocycles. The predicted octanol–water partition coefficient (Wildman–Crippen LogP) is 5.27. The van der Waals surface area contributed by atoms with Gasteiger partial charge in [0, 0.05) is 4.47 Å². The number of nitrogens with one attached hydrogen (secondary N) is 2. The van der Waals surface area contributed by atoms with Crippen LogP contribution < -0.4 is 15.4 Å². The minimum absolute atomic E-state index is 0.155. The van der Waals surface area contributed by atoms with Gasteiger partial charge in [0.1, 0.15) is 5.75 Å². The van der Waals surface area contributed by atoms with Crippen molar-refractivity contribution in [3.63, 3.8) is 0 Å². The number of carbonyl (C=O) groups is 2. The summed E-state index contributed by atoms with van der Waals surface area (Å²) in [6, 6.07) is 22.0. The number of amides is 2. The lowest BCUT2D eigenvalue weighted by Crippen LogP contribution is -2.28. The van der Waals surface area contributed by atoms with E-state index in [9.17, 15) is 9.59 Å². The maximum absolute atomic E-state index is 12.8. The van der Waals surface area contributed by atoms with Gasteiger partial charge in [0.2, 0.25) is 0 Å². The van der Waals surface area contributed by atoms with Gasteiger partial charge in [-0.15, -0.1) is 0 Å². The first-order valence-electron chi connectivity index (χ1n) is 9.57. The van der Waals surface area contributed by atoms with Gasteiger partial charge in [0.25, 0.3) is 11.8 Å². The molecule has 0 heterocycles. The monoisotopic (exact) mass is 466 g/mol. The molecule has 1 atom stereocenters. The summed E-state index contributed by atoms with van der Waals surface area (Å²) >= 11 is 3.43. The first-order valence-corrected chi connectivity index (χ1v) is 10.4. The van der Waals surface area contributed by atoms with Crippen molar-refractivity contribution in [2.24, 2.45) is 0 Å². The largest absolute Gasteiger partial charge is 0.484 e. The van der Waals surface area contributed by atoms with E-state index >= 15 is 0 Å². The fraction of sp³-hybridized carbons (Fsp3) is 0.167. The molecule has 0 saturated carbocycles. The van der Waals surface area contributed by atoms with Gasteiger partial charge in [-0.25, -0.2) is 0 Å². The summed E-state index contributed by atoms with van der Waals surface area (Å²) in [6.07, 6.45) is 0. The molecule has 5 nitrogen and oxygen atoms in total. The SMILES string of the molecule is Cc1cc(OCC(=O)Nc2ccccc2C(=O)N[C@H](C)c2ccccc2)ccc1Br. The molecule has 0 bridgehead atoms. The van der Waals surface area contributed by atoms with Crippen molar-refractivity contribution in [3.05, 3.63) is 94.0 Å². The third kappa shape index (κ3) is 5.70. The first-order chi connectivity index (χ1) is 14.4. The van der Waals surface area contributed by atoms with Crippen LogP contribution in [0.25, 0.3) is 0 Å². The fourth-order valence-electron chi connectivity index (χ4n) is 2.93. The molecule has 3 rings (SSSR count). The Morgan fingerprint density at radius 2 is 1.70 bits per heavy atom. The van der Waals surface area contributed by atoms with Crippen molar-refractivity contribution in [1.82, 2.24) is 5.32 Å². The van der Waals surface area contributed by atoms with E-state index in [4.69, 9.17) is 4.74 Å². The highest BCUT2D eigenvalue weighted by molar-refractivity contribution is 9.10. The van der Waals surface area contributed by atoms with Gasteiger partial charge in [0.05, 0.1) is 17.3 Å². The molecule has 0 spiro atoms. The van der Waals surface area contributed by atoms with E-state index in [0.29, 0.717) is 17.0 Å². The van der Waals surface area contributed by atoms with Crippen LogP contribution in [-0.4, -0.2) is 18.4 Å². The molecule has 0 unspecified atom stereocenters. The molecule has 0 fully saturated rings. The summed E-state index contributed by atoms with van der Waals surface area (Å²) in [6.45, 7) is 3.71. The Morgan fingerprint density at radius 3 is 2.43 bits per heavy atom. The molecule has 0 aliphatic carbocycles. The molecular formula is C24H23BrN2O3. The Balaban J connectivity index is 1.63. The molecule has 154 valence electrons. The normalized spacial score (nSPS) is 11.4. The maximum atomic E-state index is 12.8. The second-order valence-corrected chi connectivity index (χ2v) is 7.75. The molecule has 0 aliphatic rings. The van der Waals surface area contributed by atoms with Crippen LogP contribution in [-0.2, 0) is 4.79 Å². The highest BCUT2D eigenvalue weighted by Crippen LogP contribution is 2.22. The molecule has 3 aromatic carbocycles. The Hall–Kier alpha value is -3.12. The number of aryl methyl sites for hydroxylation is 1. The molecular weight excluding hydrogens is 444 g/mol. The quantitative estimate of drug-likeness (QED) is 0.498. The van der Waals surface area contributed by atoms with E-state index in [-0.39, 0.29) is 24.5 Å². The van der Waals surface area contributed by atoms with E-state index in [1.165, 1.54) is 0 Å². The van der Waals surface area contributed by atoms with Gasteiger partial charge in [-0.3, -0.25) is 9.59 Å². The zero-order valence-electron chi connectivity index (χ0n) is 16.8. The molecule has 30 heavy (non-hydrogen) atoms. The van der Waals surface area contributed by atoms with Crippen LogP contribution in [0.3, 0.4) is 0 Å². The maximum Gasteiger partial charge on any atom is 0.262 e. The van der Waals surface area contributed by atoms with Crippen LogP contribution in [0.1, 0.15) is 34.5 Å². The van der Waals surface area contributed by atoms with Crippen molar-refractivity contribution in [1.29, 1.82) is 0 Å². The van der Waals surface area contributed by atoms with E-state index in [2.05, 4.69) is 26.6 Å². The lowest BCUT2D eigenvalue weighted by atomic mass is 10.1. The topological polar surface area (TPSA) is 67.4 Å². The molecule has 6 heteroatoms. The molecule has 3 aromatic rings. The number of benzene rings is 3. The number of rotatable bonds is 7. The predicted molar refractivity (Wildman–Crippen MR) is 122 cm³/mol. The third-order valence-electron chi connectivity index (χ3n) is 4.59. The Labute approximate surface area is 184 Å². The zero-order chi connectivity index (χ0) is 21.5. The minimum atomic E-state index is -0.341. The van der Waals surface area contributed by atoms with Crippen molar-refractivity contribution in [2.75, 3.05) is 11.9 Å². The number of hydrogen-bond donors (Lipinski definition) is 2. The second kappa shape index (κ2) is 10.1. The molecule has 0 aromatic heterocycles. The van der Waals surface area contributed by atoms with E-state index in [1.807, 2.05) is 56.3 Å². The van der Waals surface area contributed by atoms with Crippen LogP contribution in [0.4, 0.5) is 5.69 Å². The first kappa shape index (κ1) is 21.6. The van der Waals surface area contributed by atoms with E-state index < -0.39 is 0 Å². The highest BCUT2D eigenvalue weighted by atomic mass is 79.9. The smallest absolute Gasteiger partial charge is 0.262 e. The summed E-state index contributed by atoms with van der Waals surface area (Å²) in [5.74, 6) is 0.00667. The van der Waals surface area contributed by atoms with Crippen LogP contribution in [0.5, 0.6) is 5.75 Å². The lowest BCUT2D eigenvalue weighted by Gasteiger charge is -2.16. The van der Waals surface area contributed by atoms with Gasteiger partial charge in [-0.05, 0) is 55.3 Å². The van der Waals surface area contributed by atoms with Crippen molar-refractivity contribution < 1.29 is 14.3 Å². The number of anilines is 1. The fourth-order valence-corrected chi connectivity index (χ4v) is 3.18. The van der Waals surface area contributed by atoms with Crippen LogP contribution in [0, 0.1) is 6.92 Å². The lowest BCUT2D eigenvalue weighted by molar-refractivity contribution is -0.118. The summed E-state index contributed by atoms with van der Waals surface area (Å²) in [5, 5.41) is 5.74. The van der Waals surface area contributed by atoms with Gasteiger partial charge in [-0.1, -0.05) is 58.4 Å². The average Bonchev–Trinajstić information content (AvgIpc) is 2.75. The van der Waals surface area contributed by atoms with Crippen LogP contribution in [0.15, 0.2) is 77.3 Å². The number of para-hydroxylation sites is 1. The average molecular weight is 467 g/mol. The van der Waals surface area contributed by atoms with Crippen molar-refractivity contribution >= 4 is 33.4 Å². The number of carbonyl (C=O) groups excluding carboxylic acids is 2. The summed E-state index contributed by atoms with van der Waals surface area (Å²) in [7, 11) is 0. The Kier molecular flexibility index (Phi) is 7.25. The number of halogens is 1. The van der Waals surface area contributed by atoms with E-state index in [1.54, 1.807) is 30.3 Å².